The zero-order valence-electron chi connectivity index (χ0n) is 16.3. The maximum absolute atomic E-state index is 12.2. The van der Waals surface area contributed by atoms with Crippen LogP contribution in [0.15, 0.2) is 0 Å². The van der Waals surface area contributed by atoms with E-state index in [-0.39, 0.29) is 0 Å². The zero-order valence-corrected chi connectivity index (χ0v) is 16.3. The SMILES string of the molecule is CN1C(=O)CC[C@@]2(C)C1CC[C@H]1[C@@H]3CC[C@H](CCC#N)[C@@]3(C)CC[C@@H]12. The molecule has 1 heterocycles. The molecule has 3 saturated carbocycles. The lowest BCUT2D eigenvalue weighted by Gasteiger charge is -2.61. The summed E-state index contributed by atoms with van der Waals surface area (Å²) in [5, 5.41) is 9.02. The van der Waals surface area contributed by atoms with E-state index in [1.165, 1.54) is 38.5 Å². The molecule has 0 aromatic carbocycles. The fourth-order valence-electron chi connectivity index (χ4n) is 7.97. The number of nitrogens with zero attached hydrogens (tertiary/aromatic N) is 2. The molecule has 3 aliphatic carbocycles. The molecule has 0 N–H and O–H groups in total. The fourth-order valence-corrected chi connectivity index (χ4v) is 7.97. The van der Waals surface area contributed by atoms with Crippen LogP contribution in [0.1, 0.15) is 78.1 Å². The Balaban J connectivity index is 1.58. The Morgan fingerprint density at radius 2 is 1.84 bits per heavy atom. The second kappa shape index (κ2) is 6.00. The number of rotatable bonds is 2. The van der Waals surface area contributed by atoms with E-state index < -0.39 is 0 Å². The van der Waals surface area contributed by atoms with E-state index in [2.05, 4.69) is 24.8 Å². The maximum atomic E-state index is 12.2. The maximum Gasteiger partial charge on any atom is 0.222 e. The van der Waals surface area contributed by atoms with Crippen LogP contribution in [0.2, 0.25) is 0 Å². The molecule has 1 unspecified atom stereocenters. The number of piperidine rings is 1. The molecule has 0 aromatic rings. The van der Waals surface area contributed by atoms with E-state index in [1.54, 1.807) is 0 Å². The van der Waals surface area contributed by atoms with E-state index >= 15 is 0 Å². The van der Waals surface area contributed by atoms with E-state index in [1.807, 2.05) is 7.05 Å². The molecule has 0 bridgehead atoms. The molecule has 7 atom stereocenters. The predicted octanol–water partition coefficient (Wildman–Crippen LogP) is 4.77. The van der Waals surface area contributed by atoms with Crippen molar-refractivity contribution in [2.24, 2.45) is 34.5 Å². The normalized spacial score (nSPS) is 49.1. The van der Waals surface area contributed by atoms with Crippen LogP contribution in [0.5, 0.6) is 0 Å². The van der Waals surface area contributed by atoms with Gasteiger partial charge in [-0.1, -0.05) is 13.8 Å². The molecule has 138 valence electrons. The highest BCUT2D eigenvalue weighted by Gasteiger charge is 2.60. The number of nitriles is 1. The van der Waals surface area contributed by atoms with Gasteiger partial charge in [-0.25, -0.2) is 0 Å². The van der Waals surface area contributed by atoms with E-state index in [9.17, 15) is 4.79 Å². The molecular weight excluding hydrogens is 308 g/mol. The minimum absolute atomic E-state index is 0.331. The van der Waals surface area contributed by atoms with Crippen LogP contribution in [0, 0.1) is 45.8 Å². The molecule has 0 spiro atoms. The summed E-state index contributed by atoms with van der Waals surface area (Å²) in [6.45, 7) is 5.05. The van der Waals surface area contributed by atoms with Gasteiger partial charge in [0.15, 0.2) is 0 Å². The molecule has 0 aromatic heterocycles. The number of hydrogen-bond donors (Lipinski definition) is 0. The molecule has 25 heavy (non-hydrogen) atoms. The van der Waals surface area contributed by atoms with Crippen LogP contribution in [0.25, 0.3) is 0 Å². The number of likely N-dealkylation sites (tertiary alicyclic amines) is 1. The van der Waals surface area contributed by atoms with Crippen molar-refractivity contribution in [2.75, 3.05) is 7.05 Å². The van der Waals surface area contributed by atoms with Crippen molar-refractivity contribution in [3.63, 3.8) is 0 Å². The van der Waals surface area contributed by atoms with Gasteiger partial charge in [0.25, 0.3) is 0 Å². The van der Waals surface area contributed by atoms with Crippen LogP contribution < -0.4 is 0 Å². The van der Waals surface area contributed by atoms with Gasteiger partial charge in [0.1, 0.15) is 0 Å². The first kappa shape index (κ1) is 17.4. The van der Waals surface area contributed by atoms with Crippen LogP contribution in [0.4, 0.5) is 0 Å². The smallest absolute Gasteiger partial charge is 0.222 e. The lowest BCUT2D eigenvalue weighted by atomic mass is 9.46. The predicted molar refractivity (Wildman–Crippen MR) is 98.5 cm³/mol. The van der Waals surface area contributed by atoms with Crippen molar-refractivity contribution in [1.29, 1.82) is 5.26 Å². The Morgan fingerprint density at radius 1 is 1.08 bits per heavy atom. The summed E-state index contributed by atoms with van der Waals surface area (Å²) in [6, 6.07) is 2.85. The fraction of sp³-hybridized carbons (Fsp3) is 0.909. The summed E-state index contributed by atoms with van der Waals surface area (Å²) < 4.78 is 0. The summed E-state index contributed by atoms with van der Waals surface area (Å²) in [6.07, 6.45) is 11.6. The Morgan fingerprint density at radius 3 is 2.60 bits per heavy atom. The monoisotopic (exact) mass is 342 g/mol. The summed E-state index contributed by atoms with van der Waals surface area (Å²) in [5.74, 6) is 3.64. The van der Waals surface area contributed by atoms with Crippen molar-refractivity contribution in [3.05, 3.63) is 0 Å². The molecule has 1 aliphatic heterocycles. The van der Waals surface area contributed by atoms with Crippen molar-refractivity contribution < 1.29 is 4.79 Å². The van der Waals surface area contributed by atoms with Gasteiger partial charge in [-0.3, -0.25) is 4.79 Å². The minimum atomic E-state index is 0.331. The lowest BCUT2D eigenvalue weighted by molar-refractivity contribution is -0.158. The van der Waals surface area contributed by atoms with Gasteiger partial charge in [-0.15, -0.1) is 0 Å². The third kappa shape index (κ3) is 2.39. The second-order valence-corrected chi connectivity index (χ2v) is 10.00. The summed E-state index contributed by atoms with van der Waals surface area (Å²) in [7, 11) is 2.05. The Bertz CT molecular complexity index is 595. The van der Waals surface area contributed by atoms with Gasteiger partial charge < -0.3 is 4.90 Å². The van der Waals surface area contributed by atoms with Crippen LogP contribution in [0.3, 0.4) is 0 Å². The van der Waals surface area contributed by atoms with Gasteiger partial charge in [0.2, 0.25) is 5.91 Å². The third-order valence-corrected chi connectivity index (χ3v) is 9.36. The Hall–Kier alpha value is -1.04. The van der Waals surface area contributed by atoms with Gasteiger partial charge in [0.05, 0.1) is 6.07 Å². The Labute approximate surface area is 153 Å². The second-order valence-electron chi connectivity index (χ2n) is 10.00. The van der Waals surface area contributed by atoms with E-state index in [4.69, 9.17) is 5.26 Å². The largest absolute Gasteiger partial charge is 0.342 e. The standard InChI is InChI=1S/C22H34N2O/c1-21-12-10-18-16(17(21)8-6-15(21)5-4-14-23)7-9-19-22(18,2)13-11-20(25)24(19)3/h15-19H,4-13H2,1-3H3/t15-,16-,17-,18-,19?,21+,22+/m0/s1. The highest BCUT2D eigenvalue weighted by molar-refractivity contribution is 5.77. The van der Waals surface area contributed by atoms with E-state index in [0.29, 0.717) is 22.8 Å². The quantitative estimate of drug-likeness (QED) is 0.725. The Kier molecular flexibility index (Phi) is 4.17. The molecule has 4 fully saturated rings. The van der Waals surface area contributed by atoms with Crippen LogP contribution in [-0.4, -0.2) is 23.9 Å². The first-order chi connectivity index (χ1) is 11.9. The molecule has 1 amide bonds. The number of carbonyl (C=O) groups excluding carboxylic acids is 1. The van der Waals surface area contributed by atoms with Crippen LogP contribution >= 0.6 is 0 Å². The van der Waals surface area contributed by atoms with Gasteiger partial charge >= 0.3 is 0 Å². The molecule has 4 rings (SSSR count). The first-order valence-corrected chi connectivity index (χ1v) is 10.5. The molecular formula is C22H34N2O. The van der Waals surface area contributed by atoms with Gasteiger partial charge in [0, 0.05) is 25.9 Å². The number of amides is 1. The van der Waals surface area contributed by atoms with Crippen molar-refractivity contribution in [3.8, 4) is 6.07 Å². The average molecular weight is 343 g/mol. The summed E-state index contributed by atoms with van der Waals surface area (Å²) >= 11 is 0. The molecule has 4 aliphatic rings. The number of carbonyl (C=O) groups is 1. The van der Waals surface area contributed by atoms with Gasteiger partial charge in [-0.2, -0.15) is 5.26 Å². The minimum Gasteiger partial charge on any atom is -0.342 e. The molecule has 0 radical (unpaired) electrons. The molecule has 3 heteroatoms. The molecule has 3 nitrogen and oxygen atoms in total. The number of hydrogen-bond acceptors (Lipinski definition) is 2. The third-order valence-electron chi connectivity index (χ3n) is 9.36. The first-order valence-electron chi connectivity index (χ1n) is 10.5. The van der Waals surface area contributed by atoms with Crippen molar-refractivity contribution in [2.45, 2.75) is 84.1 Å². The summed E-state index contributed by atoms with van der Waals surface area (Å²) in [5.41, 5.74) is 0.801. The van der Waals surface area contributed by atoms with Crippen molar-refractivity contribution >= 4 is 5.91 Å². The summed E-state index contributed by atoms with van der Waals surface area (Å²) in [4.78, 5) is 14.3. The van der Waals surface area contributed by atoms with Crippen molar-refractivity contribution in [1.82, 2.24) is 4.90 Å². The highest BCUT2D eigenvalue weighted by Crippen LogP contribution is 2.66. The average Bonchev–Trinajstić information content (AvgIpc) is 2.93. The highest BCUT2D eigenvalue weighted by atomic mass is 16.2. The van der Waals surface area contributed by atoms with Crippen LogP contribution in [-0.2, 0) is 4.79 Å². The van der Waals surface area contributed by atoms with Gasteiger partial charge in [-0.05, 0) is 85.9 Å². The topological polar surface area (TPSA) is 44.1 Å². The molecule has 1 saturated heterocycles. The lowest BCUT2D eigenvalue weighted by Crippen LogP contribution is -2.61. The van der Waals surface area contributed by atoms with E-state index in [0.717, 1.165) is 49.4 Å². The zero-order chi connectivity index (χ0) is 17.8. The number of fused-ring (bicyclic) bond motifs is 5.